The van der Waals surface area contributed by atoms with Gasteiger partial charge in [0, 0.05) is 0 Å². The highest BCUT2D eigenvalue weighted by Gasteiger charge is 2.40. The Morgan fingerprint density at radius 1 is 0.767 bits per heavy atom. The molecular formula is C29H49N. The first-order valence-electron chi connectivity index (χ1n) is 12.0. The molecule has 30 heavy (non-hydrogen) atoms. The van der Waals surface area contributed by atoms with E-state index < -0.39 is 0 Å². The Morgan fingerprint density at radius 3 is 1.80 bits per heavy atom. The number of hydrogen-bond donors (Lipinski definition) is 0. The molecular weight excluding hydrogens is 362 g/mol. The molecule has 0 amide bonds. The maximum atomic E-state index is 9.72. The van der Waals surface area contributed by atoms with Crippen LogP contribution in [0.1, 0.15) is 119 Å². The number of unbranched alkanes of at least 4 members (excludes halogenated alkanes) is 1. The summed E-state index contributed by atoms with van der Waals surface area (Å²) >= 11 is 0. The van der Waals surface area contributed by atoms with Crippen LogP contribution in [0.5, 0.6) is 0 Å². The fraction of sp³-hybridized carbons (Fsp3) is 0.759. The number of nitriles is 1. The van der Waals surface area contributed by atoms with Gasteiger partial charge in [0.25, 0.3) is 0 Å². The van der Waals surface area contributed by atoms with Gasteiger partial charge in [-0.3, -0.25) is 0 Å². The van der Waals surface area contributed by atoms with Crippen LogP contribution >= 0.6 is 0 Å². The summed E-state index contributed by atoms with van der Waals surface area (Å²) in [5, 5.41) is 9.72. The highest BCUT2D eigenvalue weighted by atomic mass is 14.5. The number of benzene rings is 1. The molecule has 1 aromatic rings. The van der Waals surface area contributed by atoms with Gasteiger partial charge in [0.05, 0.1) is 12.0 Å². The van der Waals surface area contributed by atoms with Gasteiger partial charge in [0.1, 0.15) is 0 Å². The van der Waals surface area contributed by atoms with Gasteiger partial charge in [-0.2, -0.15) is 5.26 Å². The van der Waals surface area contributed by atoms with Gasteiger partial charge in [-0.25, -0.2) is 0 Å². The Bertz CT molecular complexity index is 661. The first-order chi connectivity index (χ1) is 13.6. The molecule has 0 saturated carbocycles. The standard InChI is InChI=1S/C29H49N/c1-26(2,3)20-24(23-16-12-11-13-17-23)18-14-15-19-28(7,8)29(9,10)21-25(22-30)27(4,5)6/h11-13,16-17,24-25H,14-15,18-21H2,1-10H3. The molecule has 0 saturated heterocycles. The summed E-state index contributed by atoms with van der Waals surface area (Å²) in [6, 6.07) is 13.7. The normalized spacial score (nSPS) is 15.5. The van der Waals surface area contributed by atoms with Crippen molar-refractivity contribution in [3.05, 3.63) is 35.9 Å². The summed E-state index contributed by atoms with van der Waals surface area (Å²) in [5.74, 6) is 0.743. The highest BCUT2D eigenvalue weighted by molar-refractivity contribution is 5.19. The fourth-order valence-corrected chi connectivity index (χ4v) is 4.48. The maximum Gasteiger partial charge on any atom is 0.0661 e. The van der Waals surface area contributed by atoms with Gasteiger partial charge >= 0.3 is 0 Å². The van der Waals surface area contributed by atoms with E-state index >= 15 is 0 Å². The molecule has 1 heteroatoms. The molecule has 0 fully saturated rings. The monoisotopic (exact) mass is 411 g/mol. The Morgan fingerprint density at radius 2 is 1.33 bits per heavy atom. The summed E-state index contributed by atoms with van der Waals surface area (Å²) in [6.45, 7) is 23.2. The van der Waals surface area contributed by atoms with E-state index in [1.807, 2.05) is 0 Å². The van der Waals surface area contributed by atoms with Crippen LogP contribution in [0.3, 0.4) is 0 Å². The van der Waals surface area contributed by atoms with E-state index in [0.29, 0.717) is 11.3 Å². The minimum Gasteiger partial charge on any atom is -0.198 e. The first kappa shape index (κ1) is 26.7. The van der Waals surface area contributed by atoms with Crippen LogP contribution < -0.4 is 0 Å². The van der Waals surface area contributed by atoms with E-state index in [0.717, 1.165) is 6.42 Å². The largest absolute Gasteiger partial charge is 0.198 e. The van der Waals surface area contributed by atoms with Crippen molar-refractivity contribution < 1.29 is 0 Å². The lowest BCUT2D eigenvalue weighted by atomic mass is 9.59. The molecule has 0 aliphatic heterocycles. The van der Waals surface area contributed by atoms with Crippen molar-refractivity contribution in [1.29, 1.82) is 5.26 Å². The smallest absolute Gasteiger partial charge is 0.0661 e. The van der Waals surface area contributed by atoms with E-state index in [9.17, 15) is 5.26 Å². The van der Waals surface area contributed by atoms with Crippen molar-refractivity contribution >= 4 is 0 Å². The molecule has 0 N–H and O–H groups in total. The average molecular weight is 412 g/mol. The average Bonchev–Trinajstić information content (AvgIpc) is 2.61. The third-order valence-corrected chi connectivity index (χ3v) is 7.48. The van der Waals surface area contributed by atoms with E-state index in [2.05, 4.69) is 106 Å². The summed E-state index contributed by atoms with van der Waals surface area (Å²) in [5.41, 5.74) is 2.25. The summed E-state index contributed by atoms with van der Waals surface area (Å²) in [4.78, 5) is 0. The van der Waals surface area contributed by atoms with Gasteiger partial charge in [0.15, 0.2) is 0 Å². The van der Waals surface area contributed by atoms with Crippen LogP contribution in [0.15, 0.2) is 30.3 Å². The highest BCUT2D eigenvalue weighted by Crippen LogP contribution is 2.49. The quantitative estimate of drug-likeness (QED) is 0.352. The Kier molecular flexibility index (Phi) is 9.22. The fourth-order valence-electron chi connectivity index (χ4n) is 4.48. The van der Waals surface area contributed by atoms with Gasteiger partial charge in [-0.1, -0.05) is 112 Å². The SMILES string of the molecule is CC(C)(C)CC(CCCCC(C)(C)C(C)(C)CC(C#N)C(C)(C)C)c1ccccc1. The van der Waals surface area contributed by atoms with Crippen molar-refractivity contribution in [3.63, 3.8) is 0 Å². The molecule has 0 radical (unpaired) electrons. The van der Waals surface area contributed by atoms with E-state index in [-0.39, 0.29) is 22.2 Å². The number of rotatable bonds is 10. The Balaban J connectivity index is 2.71. The predicted molar refractivity (Wildman–Crippen MR) is 132 cm³/mol. The number of hydrogen-bond acceptors (Lipinski definition) is 1. The van der Waals surface area contributed by atoms with E-state index in [4.69, 9.17) is 0 Å². The van der Waals surface area contributed by atoms with Crippen molar-refractivity contribution in [3.8, 4) is 6.07 Å². The molecule has 0 bridgehead atoms. The molecule has 1 rings (SSSR count). The zero-order chi connectivity index (χ0) is 23.2. The summed E-state index contributed by atoms with van der Waals surface area (Å²) < 4.78 is 0. The minimum absolute atomic E-state index is 0.0396. The zero-order valence-corrected chi connectivity index (χ0v) is 21.7. The van der Waals surface area contributed by atoms with Gasteiger partial charge in [-0.05, 0) is 58.8 Å². The lowest BCUT2D eigenvalue weighted by molar-refractivity contribution is 0.0541. The van der Waals surface area contributed by atoms with Crippen molar-refractivity contribution in [2.75, 3.05) is 0 Å². The van der Waals surface area contributed by atoms with Crippen molar-refractivity contribution in [2.24, 2.45) is 27.6 Å². The summed E-state index contributed by atoms with van der Waals surface area (Å²) in [7, 11) is 0. The second kappa shape index (κ2) is 10.3. The molecule has 0 aliphatic carbocycles. The topological polar surface area (TPSA) is 23.8 Å². The zero-order valence-electron chi connectivity index (χ0n) is 21.7. The molecule has 0 aliphatic rings. The molecule has 0 spiro atoms. The third kappa shape index (κ3) is 8.45. The van der Waals surface area contributed by atoms with E-state index in [1.165, 1.54) is 37.7 Å². The molecule has 170 valence electrons. The Hall–Kier alpha value is -1.29. The maximum absolute atomic E-state index is 9.72. The van der Waals surface area contributed by atoms with Crippen molar-refractivity contribution in [2.45, 2.75) is 114 Å². The molecule has 0 aromatic heterocycles. The third-order valence-electron chi connectivity index (χ3n) is 7.48. The van der Waals surface area contributed by atoms with Gasteiger partial charge in [0.2, 0.25) is 0 Å². The van der Waals surface area contributed by atoms with Gasteiger partial charge < -0.3 is 0 Å². The van der Waals surface area contributed by atoms with Crippen molar-refractivity contribution in [1.82, 2.24) is 0 Å². The molecule has 0 heterocycles. The van der Waals surface area contributed by atoms with Gasteiger partial charge in [-0.15, -0.1) is 0 Å². The first-order valence-corrected chi connectivity index (χ1v) is 12.0. The minimum atomic E-state index is 0.0396. The van der Waals surface area contributed by atoms with Crippen LogP contribution in [0.2, 0.25) is 0 Å². The van der Waals surface area contributed by atoms with Crippen LogP contribution in [-0.2, 0) is 0 Å². The Labute approximate surface area is 188 Å². The summed E-state index contributed by atoms with van der Waals surface area (Å²) in [6.07, 6.45) is 7.23. The van der Waals surface area contributed by atoms with Crippen LogP contribution in [0.25, 0.3) is 0 Å². The van der Waals surface area contributed by atoms with E-state index in [1.54, 1.807) is 0 Å². The predicted octanol–water partition coefficient (Wildman–Crippen LogP) is 9.40. The lowest BCUT2D eigenvalue weighted by Crippen LogP contribution is -2.36. The molecule has 1 aromatic carbocycles. The molecule has 2 unspecified atom stereocenters. The number of nitrogens with zero attached hydrogens (tertiary/aromatic N) is 1. The van der Waals surface area contributed by atoms with Crippen LogP contribution in [0, 0.1) is 38.9 Å². The molecule has 2 atom stereocenters. The second-order valence-electron chi connectivity index (χ2n) is 13.1. The second-order valence-corrected chi connectivity index (χ2v) is 13.1. The molecule has 1 nitrogen and oxygen atoms in total. The van der Waals surface area contributed by atoms with Crippen LogP contribution in [-0.4, -0.2) is 0 Å². The van der Waals surface area contributed by atoms with Crippen LogP contribution in [0.4, 0.5) is 0 Å². The lowest BCUT2D eigenvalue weighted by Gasteiger charge is -2.45.